The Hall–Kier alpha value is -1.13. The molecular weight excluding hydrogens is 219 g/mol. The maximum absolute atomic E-state index is 13.6. The van der Waals surface area contributed by atoms with Crippen molar-refractivity contribution in [3.63, 3.8) is 0 Å². The van der Waals surface area contributed by atoms with Gasteiger partial charge in [0.15, 0.2) is 0 Å². The van der Waals surface area contributed by atoms with Gasteiger partial charge in [-0.05, 0) is 37.9 Å². The highest BCUT2D eigenvalue weighted by Gasteiger charge is 2.28. The second-order valence-electron chi connectivity index (χ2n) is 5.00. The third kappa shape index (κ3) is 2.96. The van der Waals surface area contributed by atoms with Crippen LogP contribution in [0.5, 0.6) is 0 Å². The van der Waals surface area contributed by atoms with Crippen molar-refractivity contribution >= 4 is 5.69 Å². The van der Waals surface area contributed by atoms with E-state index in [1.165, 1.54) is 6.07 Å². The summed E-state index contributed by atoms with van der Waals surface area (Å²) in [6, 6.07) is 4.78. The molecule has 0 radical (unpaired) electrons. The van der Waals surface area contributed by atoms with Crippen molar-refractivity contribution in [1.82, 2.24) is 4.90 Å². The molecule has 0 saturated heterocycles. The lowest BCUT2D eigenvalue weighted by Gasteiger charge is -2.34. The van der Waals surface area contributed by atoms with Gasteiger partial charge in [-0.2, -0.15) is 0 Å². The van der Waals surface area contributed by atoms with E-state index in [1.807, 2.05) is 7.05 Å². The first-order valence-electron chi connectivity index (χ1n) is 5.95. The Balaban J connectivity index is 1.91. The molecule has 1 aromatic carbocycles. The van der Waals surface area contributed by atoms with Gasteiger partial charge in [-0.25, -0.2) is 4.39 Å². The van der Waals surface area contributed by atoms with Crippen LogP contribution >= 0.6 is 0 Å². The van der Waals surface area contributed by atoms with Crippen LogP contribution in [0.1, 0.15) is 18.4 Å². The molecule has 94 valence electrons. The summed E-state index contributed by atoms with van der Waals surface area (Å²) in [6.45, 7) is 1.40. The van der Waals surface area contributed by atoms with E-state index >= 15 is 0 Å². The second kappa shape index (κ2) is 5.02. The highest BCUT2D eigenvalue weighted by atomic mass is 19.1. The number of hydrogen-bond acceptors (Lipinski definition) is 3. The van der Waals surface area contributed by atoms with Crippen LogP contribution in [0.25, 0.3) is 0 Å². The molecule has 1 aliphatic carbocycles. The Kier molecular flexibility index (Phi) is 3.64. The maximum Gasteiger partial charge on any atom is 0.129 e. The summed E-state index contributed by atoms with van der Waals surface area (Å²) in [6.07, 6.45) is 1.58. The molecule has 3 nitrogen and oxygen atoms in total. The van der Waals surface area contributed by atoms with Crippen molar-refractivity contribution in [1.29, 1.82) is 0 Å². The predicted octanol–water partition coefficient (Wildman–Crippen LogP) is 1.61. The first kappa shape index (κ1) is 12.3. The molecule has 1 fully saturated rings. The fraction of sp³-hybridized carbons (Fsp3) is 0.538. The molecule has 17 heavy (non-hydrogen) atoms. The third-order valence-electron chi connectivity index (χ3n) is 3.36. The minimum absolute atomic E-state index is 0.132. The Labute approximate surface area is 101 Å². The zero-order valence-corrected chi connectivity index (χ0v) is 10.1. The number of nitrogen functional groups attached to an aromatic ring is 1. The topological polar surface area (TPSA) is 49.5 Å². The molecule has 0 amide bonds. The van der Waals surface area contributed by atoms with Gasteiger partial charge in [0, 0.05) is 24.3 Å². The molecule has 0 aliphatic heterocycles. The van der Waals surface area contributed by atoms with E-state index in [-0.39, 0.29) is 11.9 Å². The average Bonchev–Trinajstić information content (AvgIpc) is 2.21. The first-order valence-corrected chi connectivity index (χ1v) is 5.95. The molecule has 0 bridgehead atoms. The minimum Gasteiger partial charge on any atom is -0.398 e. The zero-order chi connectivity index (χ0) is 12.4. The van der Waals surface area contributed by atoms with Crippen LogP contribution < -0.4 is 5.73 Å². The van der Waals surface area contributed by atoms with Gasteiger partial charge in [0.05, 0.1) is 6.10 Å². The molecule has 2 rings (SSSR count). The summed E-state index contributed by atoms with van der Waals surface area (Å²) < 4.78 is 13.6. The quantitative estimate of drug-likeness (QED) is 0.783. The lowest BCUT2D eigenvalue weighted by molar-refractivity contribution is 0.0273. The summed E-state index contributed by atoms with van der Waals surface area (Å²) in [4.78, 5) is 2.06. The molecule has 1 saturated carbocycles. The van der Waals surface area contributed by atoms with Crippen LogP contribution in [0, 0.1) is 11.7 Å². The van der Waals surface area contributed by atoms with E-state index in [9.17, 15) is 9.50 Å². The van der Waals surface area contributed by atoms with E-state index in [0.717, 1.165) is 19.4 Å². The van der Waals surface area contributed by atoms with Gasteiger partial charge < -0.3 is 15.7 Å². The molecule has 0 spiro atoms. The SMILES string of the molecule is CN(Cc1c(N)cccc1F)CC1CC(O)C1. The minimum atomic E-state index is -0.245. The number of halogens is 1. The number of rotatable bonds is 4. The van der Waals surface area contributed by atoms with Crippen molar-refractivity contribution in [3.05, 3.63) is 29.6 Å². The molecule has 1 aliphatic rings. The summed E-state index contributed by atoms with van der Waals surface area (Å²) in [5, 5.41) is 9.21. The molecule has 3 N–H and O–H groups in total. The van der Waals surface area contributed by atoms with Crippen LogP contribution in [-0.2, 0) is 6.54 Å². The van der Waals surface area contributed by atoms with Gasteiger partial charge in [-0.3, -0.25) is 0 Å². The van der Waals surface area contributed by atoms with E-state index in [0.29, 0.717) is 23.7 Å². The average molecular weight is 238 g/mol. The van der Waals surface area contributed by atoms with Crippen LogP contribution in [0.2, 0.25) is 0 Å². The fourth-order valence-corrected chi connectivity index (χ4v) is 2.37. The fourth-order valence-electron chi connectivity index (χ4n) is 2.37. The second-order valence-corrected chi connectivity index (χ2v) is 5.00. The van der Waals surface area contributed by atoms with Gasteiger partial charge in [0.2, 0.25) is 0 Å². The predicted molar refractivity (Wildman–Crippen MR) is 65.9 cm³/mol. The molecule has 0 atom stereocenters. The van der Waals surface area contributed by atoms with Crippen LogP contribution in [-0.4, -0.2) is 29.7 Å². The third-order valence-corrected chi connectivity index (χ3v) is 3.36. The van der Waals surface area contributed by atoms with Gasteiger partial charge in [-0.1, -0.05) is 6.07 Å². The largest absolute Gasteiger partial charge is 0.398 e. The summed E-state index contributed by atoms with van der Waals surface area (Å²) in [5.74, 6) is 0.286. The lowest BCUT2D eigenvalue weighted by atomic mass is 9.82. The van der Waals surface area contributed by atoms with Crippen molar-refractivity contribution < 1.29 is 9.50 Å². The highest BCUT2D eigenvalue weighted by molar-refractivity contribution is 5.47. The number of hydrogen-bond donors (Lipinski definition) is 2. The summed E-state index contributed by atoms with van der Waals surface area (Å²) in [7, 11) is 1.95. The lowest BCUT2D eigenvalue weighted by Crippen LogP contribution is -2.37. The summed E-state index contributed by atoms with van der Waals surface area (Å²) in [5.41, 5.74) is 6.83. The molecule has 1 aromatic rings. The smallest absolute Gasteiger partial charge is 0.129 e. The monoisotopic (exact) mass is 238 g/mol. The van der Waals surface area contributed by atoms with Gasteiger partial charge in [-0.15, -0.1) is 0 Å². The van der Waals surface area contributed by atoms with E-state index in [1.54, 1.807) is 12.1 Å². The van der Waals surface area contributed by atoms with Crippen LogP contribution in [0.4, 0.5) is 10.1 Å². The van der Waals surface area contributed by atoms with Crippen LogP contribution in [0.3, 0.4) is 0 Å². The zero-order valence-electron chi connectivity index (χ0n) is 10.1. The standard InChI is InChI=1S/C13H19FN2O/c1-16(7-9-5-10(17)6-9)8-11-12(14)3-2-4-13(11)15/h2-4,9-10,17H,5-8,15H2,1H3. The van der Waals surface area contributed by atoms with E-state index in [2.05, 4.69) is 4.90 Å². The number of aliphatic hydroxyl groups excluding tert-OH is 1. The number of nitrogens with two attached hydrogens (primary N) is 1. The maximum atomic E-state index is 13.6. The van der Waals surface area contributed by atoms with E-state index < -0.39 is 0 Å². The Morgan fingerprint density at radius 3 is 2.76 bits per heavy atom. The van der Waals surface area contributed by atoms with Crippen molar-refractivity contribution in [2.24, 2.45) is 5.92 Å². The Bertz CT molecular complexity index is 371. The Morgan fingerprint density at radius 1 is 1.47 bits per heavy atom. The van der Waals surface area contributed by atoms with Crippen molar-refractivity contribution in [3.8, 4) is 0 Å². The van der Waals surface area contributed by atoms with Gasteiger partial charge >= 0.3 is 0 Å². The summed E-state index contributed by atoms with van der Waals surface area (Å²) >= 11 is 0. The number of benzene rings is 1. The molecule has 0 aromatic heterocycles. The van der Waals surface area contributed by atoms with Gasteiger partial charge in [0.1, 0.15) is 5.82 Å². The number of anilines is 1. The number of aliphatic hydroxyl groups is 1. The van der Waals surface area contributed by atoms with Gasteiger partial charge in [0.25, 0.3) is 0 Å². The van der Waals surface area contributed by atoms with Crippen molar-refractivity contribution in [2.45, 2.75) is 25.5 Å². The van der Waals surface area contributed by atoms with Crippen LogP contribution in [0.15, 0.2) is 18.2 Å². The van der Waals surface area contributed by atoms with E-state index in [4.69, 9.17) is 5.73 Å². The molecular formula is C13H19FN2O. The molecule has 4 heteroatoms. The number of nitrogens with zero attached hydrogens (tertiary/aromatic N) is 1. The molecule has 0 unspecified atom stereocenters. The molecule has 0 heterocycles. The van der Waals surface area contributed by atoms with Crippen molar-refractivity contribution in [2.75, 3.05) is 19.3 Å². The normalized spacial score (nSPS) is 23.8. The Morgan fingerprint density at radius 2 is 2.18 bits per heavy atom. The first-order chi connectivity index (χ1) is 8.06. The highest BCUT2D eigenvalue weighted by Crippen LogP contribution is 2.28.